The van der Waals surface area contributed by atoms with Crippen LogP contribution in [0.1, 0.15) is 24.1 Å². The molecule has 0 spiro atoms. The highest BCUT2D eigenvalue weighted by Gasteiger charge is 2.19. The molecule has 1 aliphatic heterocycles. The smallest absolute Gasteiger partial charge is 0.223 e. The standard InChI is InChI=1S/C19H24N4/c1-16-11-12-20-19(21-16)22-18-10-6-14-23(15-18)13-5-9-17-7-3-2-4-8-17/h2-5,7-9,11-12,18H,6,10,13-15H2,1H3,(H,20,21,22)/b9-5+. The zero-order chi connectivity index (χ0) is 15.9. The molecule has 0 aliphatic carbocycles. The van der Waals surface area contributed by atoms with E-state index in [0.717, 1.165) is 31.3 Å². The van der Waals surface area contributed by atoms with E-state index in [-0.39, 0.29) is 0 Å². The second-order valence-corrected chi connectivity index (χ2v) is 6.08. The minimum Gasteiger partial charge on any atom is -0.350 e. The van der Waals surface area contributed by atoms with Crippen molar-refractivity contribution in [3.8, 4) is 0 Å². The Hall–Kier alpha value is -2.20. The van der Waals surface area contributed by atoms with Crippen LogP contribution in [0, 0.1) is 6.92 Å². The molecule has 2 heterocycles. The number of likely N-dealkylation sites (tertiary alicyclic amines) is 1. The molecule has 0 bridgehead atoms. The van der Waals surface area contributed by atoms with Gasteiger partial charge in [0.15, 0.2) is 0 Å². The fourth-order valence-corrected chi connectivity index (χ4v) is 2.94. The van der Waals surface area contributed by atoms with Crippen molar-refractivity contribution in [3.05, 3.63) is 59.9 Å². The summed E-state index contributed by atoms with van der Waals surface area (Å²) in [6, 6.07) is 12.8. The average Bonchev–Trinajstić information content (AvgIpc) is 2.56. The molecule has 4 heteroatoms. The van der Waals surface area contributed by atoms with Gasteiger partial charge >= 0.3 is 0 Å². The number of hydrogen-bond acceptors (Lipinski definition) is 4. The summed E-state index contributed by atoms with van der Waals surface area (Å²) in [5.41, 5.74) is 2.26. The maximum atomic E-state index is 4.44. The van der Waals surface area contributed by atoms with E-state index in [4.69, 9.17) is 0 Å². The average molecular weight is 308 g/mol. The number of benzene rings is 1. The van der Waals surface area contributed by atoms with E-state index in [9.17, 15) is 0 Å². The molecule has 4 nitrogen and oxygen atoms in total. The number of nitrogens with one attached hydrogen (secondary N) is 1. The van der Waals surface area contributed by atoms with Gasteiger partial charge in [-0.15, -0.1) is 0 Å². The quantitative estimate of drug-likeness (QED) is 0.919. The Labute approximate surface area is 138 Å². The molecular formula is C19H24N4. The lowest BCUT2D eigenvalue weighted by Crippen LogP contribution is -2.42. The molecule has 120 valence electrons. The topological polar surface area (TPSA) is 41.1 Å². The molecule has 1 fully saturated rings. The molecule has 2 aromatic rings. The number of hydrogen-bond donors (Lipinski definition) is 1. The van der Waals surface area contributed by atoms with Crippen molar-refractivity contribution in [2.45, 2.75) is 25.8 Å². The molecule has 1 atom stereocenters. The monoisotopic (exact) mass is 308 g/mol. The van der Waals surface area contributed by atoms with E-state index in [1.807, 2.05) is 25.3 Å². The summed E-state index contributed by atoms with van der Waals surface area (Å²) in [7, 11) is 0. The molecule has 23 heavy (non-hydrogen) atoms. The van der Waals surface area contributed by atoms with E-state index in [0.29, 0.717) is 6.04 Å². The number of piperidine rings is 1. The van der Waals surface area contributed by atoms with E-state index in [1.54, 1.807) is 0 Å². The molecule has 1 N–H and O–H groups in total. The summed E-state index contributed by atoms with van der Waals surface area (Å²) in [5.74, 6) is 0.747. The Morgan fingerprint density at radius 3 is 2.96 bits per heavy atom. The number of aryl methyl sites for hydroxylation is 1. The molecule has 1 saturated heterocycles. The highest BCUT2D eigenvalue weighted by atomic mass is 15.2. The number of anilines is 1. The molecule has 1 unspecified atom stereocenters. The number of aromatic nitrogens is 2. The predicted octanol–water partition coefficient (Wildman–Crippen LogP) is 3.37. The Bertz CT molecular complexity index is 639. The summed E-state index contributed by atoms with van der Waals surface area (Å²) in [6.07, 6.45) is 8.65. The van der Waals surface area contributed by atoms with E-state index in [1.165, 1.54) is 18.4 Å². The third-order valence-corrected chi connectivity index (χ3v) is 4.11. The Kier molecular flexibility index (Phi) is 5.37. The fraction of sp³-hybridized carbons (Fsp3) is 0.368. The lowest BCUT2D eigenvalue weighted by Gasteiger charge is -2.32. The van der Waals surface area contributed by atoms with Crippen molar-refractivity contribution in [1.29, 1.82) is 0 Å². The summed E-state index contributed by atoms with van der Waals surface area (Å²) in [6.45, 7) is 5.18. The van der Waals surface area contributed by atoms with Crippen LogP contribution in [0.5, 0.6) is 0 Å². The molecular weight excluding hydrogens is 284 g/mol. The van der Waals surface area contributed by atoms with Crippen molar-refractivity contribution >= 4 is 12.0 Å². The van der Waals surface area contributed by atoms with Crippen LogP contribution < -0.4 is 5.32 Å². The zero-order valence-corrected chi connectivity index (χ0v) is 13.7. The van der Waals surface area contributed by atoms with Gasteiger partial charge in [0.1, 0.15) is 0 Å². The maximum absolute atomic E-state index is 4.44. The first-order valence-corrected chi connectivity index (χ1v) is 8.30. The van der Waals surface area contributed by atoms with Crippen LogP contribution in [0.4, 0.5) is 5.95 Å². The Balaban J connectivity index is 1.51. The van der Waals surface area contributed by atoms with Crippen molar-refractivity contribution in [1.82, 2.24) is 14.9 Å². The van der Waals surface area contributed by atoms with Gasteiger partial charge in [-0.3, -0.25) is 4.90 Å². The van der Waals surface area contributed by atoms with Gasteiger partial charge in [0.2, 0.25) is 5.95 Å². The van der Waals surface area contributed by atoms with Crippen LogP contribution >= 0.6 is 0 Å². The SMILES string of the molecule is Cc1ccnc(NC2CCCN(C/C=C/c3ccccc3)C2)n1. The summed E-state index contributed by atoms with van der Waals surface area (Å²) in [5, 5.41) is 3.47. The first-order chi connectivity index (χ1) is 11.3. The lowest BCUT2D eigenvalue weighted by molar-refractivity contribution is 0.237. The van der Waals surface area contributed by atoms with Crippen LogP contribution in [0.15, 0.2) is 48.7 Å². The maximum Gasteiger partial charge on any atom is 0.223 e. The number of nitrogens with zero attached hydrogens (tertiary/aromatic N) is 3. The van der Waals surface area contributed by atoms with Crippen molar-refractivity contribution < 1.29 is 0 Å². The first kappa shape index (κ1) is 15.7. The van der Waals surface area contributed by atoms with Crippen LogP contribution in [0.25, 0.3) is 6.08 Å². The number of rotatable bonds is 5. The molecule has 0 radical (unpaired) electrons. The normalized spacial score (nSPS) is 19.1. The predicted molar refractivity (Wildman–Crippen MR) is 95.3 cm³/mol. The molecule has 1 aromatic heterocycles. The Morgan fingerprint density at radius 1 is 1.26 bits per heavy atom. The molecule has 0 amide bonds. The van der Waals surface area contributed by atoms with Gasteiger partial charge in [0.05, 0.1) is 0 Å². The molecule has 0 saturated carbocycles. The second kappa shape index (κ2) is 7.88. The van der Waals surface area contributed by atoms with Gasteiger partial charge in [-0.2, -0.15) is 0 Å². The first-order valence-electron chi connectivity index (χ1n) is 8.30. The molecule has 3 rings (SSSR count). The van der Waals surface area contributed by atoms with Gasteiger partial charge in [-0.1, -0.05) is 42.5 Å². The van der Waals surface area contributed by atoms with E-state index < -0.39 is 0 Å². The van der Waals surface area contributed by atoms with Crippen LogP contribution in [0.2, 0.25) is 0 Å². The van der Waals surface area contributed by atoms with Crippen LogP contribution in [-0.4, -0.2) is 40.5 Å². The highest BCUT2D eigenvalue weighted by molar-refractivity contribution is 5.48. The molecule has 1 aromatic carbocycles. The summed E-state index contributed by atoms with van der Waals surface area (Å²) >= 11 is 0. The third-order valence-electron chi connectivity index (χ3n) is 4.11. The van der Waals surface area contributed by atoms with Gasteiger partial charge in [0.25, 0.3) is 0 Å². The fourth-order valence-electron chi connectivity index (χ4n) is 2.94. The molecule has 1 aliphatic rings. The third kappa shape index (κ3) is 4.89. The second-order valence-electron chi connectivity index (χ2n) is 6.08. The zero-order valence-electron chi connectivity index (χ0n) is 13.7. The largest absolute Gasteiger partial charge is 0.350 e. The minimum atomic E-state index is 0.427. The van der Waals surface area contributed by atoms with E-state index >= 15 is 0 Å². The van der Waals surface area contributed by atoms with Gasteiger partial charge < -0.3 is 5.32 Å². The van der Waals surface area contributed by atoms with Gasteiger partial charge in [-0.05, 0) is 37.9 Å². The summed E-state index contributed by atoms with van der Waals surface area (Å²) < 4.78 is 0. The summed E-state index contributed by atoms with van der Waals surface area (Å²) in [4.78, 5) is 11.2. The van der Waals surface area contributed by atoms with E-state index in [2.05, 4.69) is 56.6 Å². The Morgan fingerprint density at radius 2 is 2.13 bits per heavy atom. The highest BCUT2D eigenvalue weighted by Crippen LogP contribution is 2.14. The van der Waals surface area contributed by atoms with Gasteiger partial charge in [-0.25, -0.2) is 9.97 Å². The van der Waals surface area contributed by atoms with Crippen molar-refractivity contribution in [2.75, 3.05) is 25.0 Å². The van der Waals surface area contributed by atoms with Crippen LogP contribution in [-0.2, 0) is 0 Å². The van der Waals surface area contributed by atoms with Gasteiger partial charge in [0, 0.05) is 31.0 Å². The van der Waals surface area contributed by atoms with Crippen molar-refractivity contribution in [3.63, 3.8) is 0 Å². The van der Waals surface area contributed by atoms with Crippen LogP contribution in [0.3, 0.4) is 0 Å². The van der Waals surface area contributed by atoms with Crippen molar-refractivity contribution in [2.24, 2.45) is 0 Å². The minimum absolute atomic E-state index is 0.427. The lowest BCUT2D eigenvalue weighted by atomic mass is 10.1.